The molecule has 2 aromatic heterocycles. The van der Waals surface area contributed by atoms with E-state index in [9.17, 15) is 18.4 Å². The monoisotopic (exact) mass is 445 g/mol. The summed E-state index contributed by atoms with van der Waals surface area (Å²) in [5.74, 6) is -6.39. The number of hydrogen-bond acceptors (Lipinski definition) is 7. The van der Waals surface area contributed by atoms with Crippen LogP contribution in [0.1, 0.15) is 30.4 Å². The topological polar surface area (TPSA) is 110 Å². The molecule has 0 spiro atoms. The fraction of sp³-hybridized carbons (Fsp3) is 0.286. The number of anilines is 1. The zero-order valence-electron chi connectivity index (χ0n) is 17.6. The van der Waals surface area contributed by atoms with E-state index in [1.54, 1.807) is 38.1 Å². The first-order chi connectivity index (χ1) is 15.2. The van der Waals surface area contributed by atoms with Gasteiger partial charge in [-0.15, -0.1) is 10.2 Å². The second-order valence-electron chi connectivity index (χ2n) is 6.89. The normalized spacial score (nSPS) is 19.0. The average Bonchev–Trinajstić information content (AvgIpc) is 3.25. The molecule has 32 heavy (non-hydrogen) atoms. The molecule has 2 aromatic rings. The van der Waals surface area contributed by atoms with Crippen LogP contribution in [0.3, 0.4) is 0 Å². The fourth-order valence-corrected chi connectivity index (χ4v) is 2.86. The van der Waals surface area contributed by atoms with Crippen LogP contribution >= 0.6 is 0 Å². The van der Waals surface area contributed by atoms with Crippen molar-refractivity contribution in [2.24, 2.45) is 0 Å². The Morgan fingerprint density at radius 1 is 1.34 bits per heavy atom. The SMILES string of the molecule is C=C(/C=C\C=C/C)C(F)(F)c1nnc(C(=O)N[C@@H]2C(=O)N(C)c3ncccc3O[C@@H]2C)o1. The first-order valence-electron chi connectivity index (χ1n) is 9.57. The number of carbonyl (C=O) groups is 2. The number of nitrogens with one attached hydrogen (secondary N) is 1. The third-order valence-electron chi connectivity index (χ3n) is 4.63. The summed E-state index contributed by atoms with van der Waals surface area (Å²) in [6.45, 7) is 6.61. The van der Waals surface area contributed by atoms with E-state index < -0.39 is 47.2 Å². The van der Waals surface area contributed by atoms with Gasteiger partial charge in [0.1, 0.15) is 12.1 Å². The molecule has 168 valence electrons. The Morgan fingerprint density at radius 3 is 2.81 bits per heavy atom. The molecule has 0 bridgehead atoms. The predicted molar refractivity (Wildman–Crippen MR) is 110 cm³/mol. The summed E-state index contributed by atoms with van der Waals surface area (Å²) >= 11 is 0. The molecule has 11 heteroatoms. The van der Waals surface area contributed by atoms with Gasteiger partial charge in [0.2, 0.25) is 0 Å². The van der Waals surface area contributed by atoms with Crippen LogP contribution in [0.25, 0.3) is 0 Å². The standard InChI is InChI=1S/C21H21F2N5O4/c1-5-6-7-9-12(2)21(22,23)20-27-26-18(32-20)17(29)25-15-13(3)31-14-10-8-11-24-16(14)28(4)19(15)30/h5-11,13,15H,2H2,1,3-4H3,(H,25,29)/b6-5-,9-7-/t13-,15+/m1/s1. The van der Waals surface area contributed by atoms with Crippen molar-refractivity contribution in [3.05, 3.63) is 66.6 Å². The van der Waals surface area contributed by atoms with Crippen LogP contribution in [-0.2, 0) is 10.7 Å². The van der Waals surface area contributed by atoms with Gasteiger partial charge < -0.3 is 14.5 Å². The Labute approximate surface area is 182 Å². The highest BCUT2D eigenvalue weighted by Crippen LogP contribution is 2.34. The van der Waals surface area contributed by atoms with Gasteiger partial charge >= 0.3 is 17.7 Å². The predicted octanol–water partition coefficient (Wildman–Crippen LogP) is 2.79. The van der Waals surface area contributed by atoms with E-state index in [-0.39, 0.29) is 5.82 Å². The van der Waals surface area contributed by atoms with Gasteiger partial charge in [-0.3, -0.25) is 14.5 Å². The molecule has 3 heterocycles. The fourth-order valence-electron chi connectivity index (χ4n) is 2.86. The van der Waals surface area contributed by atoms with Gasteiger partial charge in [0.15, 0.2) is 11.6 Å². The third-order valence-corrected chi connectivity index (χ3v) is 4.63. The van der Waals surface area contributed by atoms with E-state index in [1.165, 1.54) is 24.2 Å². The number of rotatable bonds is 6. The van der Waals surface area contributed by atoms with Crippen LogP contribution in [0.4, 0.5) is 14.6 Å². The van der Waals surface area contributed by atoms with Crippen molar-refractivity contribution in [1.29, 1.82) is 0 Å². The molecule has 0 saturated carbocycles. The summed E-state index contributed by atoms with van der Waals surface area (Å²) < 4.78 is 39.6. The summed E-state index contributed by atoms with van der Waals surface area (Å²) in [5.41, 5.74) is -0.598. The molecular weight excluding hydrogens is 424 g/mol. The second kappa shape index (κ2) is 9.08. The Hall–Kier alpha value is -3.89. The number of alkyl halides is 2. The molecule has 0 aromatic carbocycles. The third kappa shape index (κ3) is 4.41. The van der Waals surface area contributed by atoms with Gasteiger partial charge in [-0.2, -0.15) is 8.78 Å². The highest BCUT2D eigenvalue weighted by molar-refractivity contribution is 6.01. The molecular formula is C21H21F2N5O4. The molecule has 0 aliphatic carbocycles. The number of amides is 2. The van der Waals surface area contributed by atoms with Gasteiger partial charge in [0.25, 0.3) is 11.8 Å². The summed E-state index contributed by atoms with van der Waals surface area (Å²) in [7, 11) is 1.48. The first-order valence-corrected chi connectivity index (χ1v) is 9.57. The summed E-state index contributed by atoms with van der Waals surface area (Å²) in [6, 6.07) is 2.12. The van der Waals surface area contributed by atoms with E-state index in [1.807, 2.05) is 0 Å². The molecule has 0 radical (unpaired) electrons. The first kappa shape index (κ1) is 22.8. The molecule has 0 unspecified atom stereocenters. The molecule has 1 aliphatic heterocycles. The quantitative estimate of drug-likeness (QED) is 0.681. The van der Waals surface area contributed by atoms with Crippen LogP contribution in [0.5, 0.6) is 5.75 Å². The van der Waals surface area contributed by atoms with Gasteiger partial charge in [-0.25, -0.2) is 4.98 Å². The highest BCUT2D eigenvalue weighted by atomic mass is 19.3. The lowest BCUT2D eigenvalue weighted by Crippen LogP contribution is -2.53. The van der Waals surface area contributed by atoms with Crippen LogP contribution in [0.2, 0.25) is 0 Å². The van der Waals surface area contributed by atoms with Crippen molar-refractivity contribution in [2.75, 3.05) is 11.9 Å². The van der Waals surface area contributed by atoms with Crippen LogP contribution in [-0.4, -0.2) is 46.2 Å². The lowest BCUT2D eigenvalue weighted by atomic mass is 10.1. The maximum Gasteiger partial charge on any atom is 0.348 e. The second-order valence-corrected chi connectivity index (χ2v) is 6.89. The number of hydrogen-bond donors (Lipinski definition) is 1. The van der Waals surface area contributed by atoms with Crippen LogP contribution < -0.4 is 15.0 Å². The number of fused-ring (bicyclic) bond motifs is 1. The van der Waals surface area contributed by atoms with Crippen molar-refractivity contribution < 1.29 is 27.5 Å². The lowest BCUT2D eigenvalue weighted by Gasteiger charge is -2.22. The molecule has 2 amide bonds. The minimum atomic E-state index is -3.69. The smallest absolute Gasteiger partial charge is 0.348 e. The van der Waals surface area contributed by atoms with Gasteiger partial charge in [0, 0.05) is 18.8 Å². The van der Waals surface area contributed by atoms with E-state index in [4.69, 9.17) is 9.15 Å². The van der Waals surface area contributed by atoms with Crippen molar-refractivity contribution in [3.63, 3.8) is 0 Å². The Morgan fingerprint density at radius 2 is 2.09 bits per heavy atom. The van der Waals surface area contributed by atoms with Crippen molar-refractivity contribution in [2.45, 2.75) is 31.9 Å². The minimum Gasteiger partial charge on any atom is -0.484 e. The average molecular weight is 445 g/mol. The van der Waals surface area contributed by atoms with E-state index >= 15 is 0 Å². The zero-order valence-corrected chi connectivity index (χ0v) is 17.6. The number of ether oxygens (including phenoxy) is 1. The zero-order chi connectivity index (χ0) is 23.5. The maximum absolute atomic E-state index is 14.5. The number of aromatic nitrogens is 3. The number of allylic oxidation sites excluding steroid dienone is 5. The maximum atomic E-state index is 14.5. The van der Waals surface area contributed by atoms with Gasteiger partial charge in [-0.05, 0) is 26.0 Å². The number of pyridine rings is 1. The van der Waals surface area contributed by atoms with Crippen molar-refractivity contribution in [1.82, 2.24) is 20.5 Å². The van der Waals surface area contributed by atoms with Crippen molar-refractivity contribution in [3.8, 4) is 5.75 Å². The molecule has 9 nitrogen and oxygen atoms in total. The van der Waals surface area contributed by atoms with Crippen molar-refractivity contribution >= 4 is 17.6 Å². The van der Waals surface area contributed by atoms with Gasteiger partial charge in [0.05, 0.1) is 0 Å². The molecule has 3 rings (SSSR count). The highest BCUT2D eigenvalue weighted by Gasteiger charge is 2.42. The lowest BCUT2D eigenvalue weighted by molar-refractivity contribution is -0.121. The van der Waals surface area contributed by atoms with Crippen LogP contribution in [0, 0.1) is 0 Å². The Kier molecular flexibility index (Phi) is 6.47. The number of likely N-dealkylation sites (N-methyl/N-ethyl adjacent to an activating group) is 1. The molecule has 0 saturated heterocycles. The Bertz CT molecular complexity index is 1100. The van der Waals surface area contributed by atoms with E-state index in [0.717, 1.165) is 6.08 Å². The van der Waals surface area contributed by atoms with E-state index in [0.29, 0.717) is 5.75 Å². The molecule has 1 aliphatic rings. The summed E-state index contributed by atoms with van der Waals surface area (Å²) in [5, 5.41) is 9.08. The molecule has 0 fully saturated rings. The van der Waals surface area contributed by atoms with Gasteiger partial charge in [-0.1, -0.05) is 30.9 Å². The Balaban J connectivity index is 1.77. The minimum absolute atomic E-state index is 0.283. The number of carbonyl (C=O) groups excluding carboxylic acids is 2. The summed E-state index contributed by atoms with van der Waals surface area (Å²) in [6.07, 6.45) is 6.38. The van der Waals surface area contributed by atoms with E-state index in [2.05, 4.69) is 27.1 Å². The van der Waals surface area contributed by atoms with Crippen LogP contribution in [0.15, 0.2) is 59.2 Å². The molecule has 1 N–H and O–H groups in total. The molecule has 2 atom stereocenters. The summed E-state index contributed by atoms with van der Waals surface area (Å²) in [4.78, 5) is 30.8. The largest absolute Gasteiger partial charge is 0.484 e. The number of nitrogens with zero attached hydrogens (tertiary/aromatic N) is 4. The number of halogens is 2.